The predicted molar refractivity (Wildman–Crippen MR) is 152 cm³/mol. The number of nitrogens with zero attached hydrogens (tertiary/aromatic N) is 2. The molecule has 1 heterocycles. The van der Waals surface area contributed by atoms with Crippen molar-refractivity contribution in [2.75, 3.05) is 25.0 Å². The number of rotatable bonds is 10. The molecule has 3 N–H and O–H groups in total. The number of carbonyl (C=O) groups is 1. The van der Waals surface area contributed by atoms with Crippen molar-refractivity contribution in [3.63, 3.8) is 0 Å². The molecular formula is C30H40N4O4. The first-order valence-electron chi connectivity index (χ1n) is 13.6. The number of aliphatic hydroxyl groups is 1. The number of amides is 2. The number of hydrogen-bond acceptors (Lipinski definition) is 5. The molecule has 1 fully saturated rings. The van der Waals surface area contributed by atoms with E-state index < -0.39 is 6.10 Å². The maximum atomic E-state index is 13.3. The third-order valence-electron chi connectivity index (χ3n) is 7.65. The number of pyridine rings is 1. The number of H-pyrrole nitrogens is 1. The number of carbonyl (C=O) groups excluding carboxylic acids is 1. The summed E-state index contributed by atoms with van der Waals surface area (Å²) in [5.41, 5.74) is 5.32. The number of urea groups is 1. The van der Waals surface area contributed by atoms with Crippen LogP contribution in [0.2, 0.25) is 0 Å². The lowest BCUT2D eigenvalue weighted by atomic mass is 9.88. The molecule has 2 aromatic carbocycles. The Morgan fingerprint density at radius 1 is 1.08 bits per heavy atom. The van der Waals surface area contributed by atoms with Crippen LogP contribution in [0.1, 0.15) is 55.9 Å². The van der Waals surface area contributed by atoms with Gasteiger partial charge in [0.05, 0.1) is 24.8 Å². The molecule has 38 heavy (non-hydrogen) atoms. The van der Waals surface area contributed by atoms with Gasteiger partial charge in [0.15, 0.2) is 0 Å². The van der Waals surface area contributed by atoms with Gasteiger partial charge in [0, 0.05) is 23.8 Å². The molecule has 1 saturated carbocycles. The Balaban J connectivity index is 1.61. The lowest BCUT2D eigenvalue weighted by Gasteiger charge is -2.40. The van der Waals surface area contributed by atoms with Gasteiger partial charge in [-0.05, 0) is 105 Å². The molecule has 4 rings (SSSR count). The molecule has 1 aliphatic carbocycles. The van der Waals surface area contributed by atoms with E-state index in [0.29, 0.717) is 30.7 Å². The Labute approximate surface area is 224 Å². The van der Waals surface area contributed by atoms with Gasteiger partial charge in [0.25, 0.3) is 5.56 Å². The van der Waals surface area contributed by atoms with Crippen LogP contribution in [0.25, 0.3) is 10.9 Å². The molecule has 8 heteroatoms. The number of aromatic amines is 1. The Kier molecular flexibility index (Phi) is 8.74. The molecule has 0 radical (unpaired) electrons. The first-order valence-corrected chi connectivity index (χ1v) is 13.6. The van der Waals surface area contributed by atoms with Crippen molar-refractivity contribution in [2.45, 2.75) is 72.7 Å². The van der Waals surface area contributed by atoms with Crippen molar-refractivity contribution in [3.05, 3.63) is 69.0 Å². The summed E-state index contributed by atoms with van der Waals surface area (Å²) in [5.74, 6) is 0.734. The second-order valence-corrected chi connectivity index (χ2v) is 10.1. The van der Waals surface area contributed by atoms with Crippen LogP contribution in [0.3, 0.4) is 0 Å². The fraction of sp³-hybridized carbons (Fsp3) is 0.467. The summed E-state index contributed by atoms with van der Waals surface area (Å²) >= 11 is 0. The summed E-state index contributed by atoms with van der Waals surface area (Å²) in [6.07, 6.45) is 0.565. The fourth-order valence-corrected chi connectivity index (χ4v) is 5.17. The number of ether oxygens (including phenoxy) is 1. The molecule has 0 aliphatic heterocycles. The highest BCUT2D eigenvalue weighted by atomic mass is 16.5. The van der Waals surface area contributed by atoms with Crippen LogP contribution in [0.4, 0.5) is 10.5 Å². The van der Waals surface area contributed by atoms with Gasteiger partial charge in [0.1, 0.15) is 5.75 Å². The molecule has 8 nitrogen and oxygen atoms in total. The van der Waals surface area contributed by atoms with E-state index in [4.69, 9.17) is 4.74 Å². The van der Waals surface area contributed by atoms with E-state index >= 15 is 0 Å². The lowest BCUT2D eigenvalue weighted by molar-refractivity contribution is 0.0173. The van der Waals surface area contributed by atoms with Crippen molar-refractivity contribution in [2.24, 2.45) is 0 Å². The molecule has 1 aromatic heterocycles. The third-order valence-corrected chi connectivity index (χ3v) is 7.65. The predicted octanol–water partition coefficient (Wildman–Crippen LogP) is 4.94. The minimum Gasteiger partial charge on any atom is -0.494 e. The summed E-state index contributed by atoms with van der Waals surface area (Å²) in [6, 6.07) is 10.8. The lowest BCUT2D eigenvalue weighted by Crippen LogP contribution is -2.51. The first kappa shape index (κ1) is 27.7. The second kappa shape index (κ2) is 12.0. The zero-order valence-electron chi connectivity index (χ0n) is 23.1. The van der Waals surface area contributed by atoms with Gasteiger partial charge in [0.2, 0.25) is 0 Å². The van der Waals surface area contributed by atoms with Crippen LogP contribution < -0.4 is 15.6 Å². The third kappa shape index (κ3) is 6.03. The molecule has 0 atom stereocenters. The van der Waals surface area contributed by atoms with Crippen molar-refractivity contribution >= 4 is 22.6 Å². The van der Waals surface area contributed by atoms with Crippen molar-refractivity contribution in [3.8, 4) is 5.75 Å². The summed E-state index contributed by atoms with van der Waals surface area (Å²) in [5, 5.41) is 13.8. The van der Waals surface area contributed by atoms with Gasteiger partial charge >= 0.3 is 6.03 Å². The van der Waals surface area contributed by atoms with Crippen LogP contribution >= 0.6 is 0 Å². The van der Waals surface area contributed by atoms with E-state index in [2.05, 4.69) is 49.0 Å². The minimum atomic E-state index is -0.426. The zero-order valence-corrected chi connectivity index (χ0v) is 23.1. The van der Waals surface area contributed by atoms with E-state index in [1.54, 1.807) is 17.0 Å². The van der Waals surface area contributed by atoms with E-state index in [0.717, 1.165) is 41.9 Å². The monoisotopic (exact) mass is 520 g/mol. The van der Waals surface area contributed by atoms with Gasteiger partial charge in [-0.15, -0.1) is 0 Å². The number of aryl methyl sites for hydroxylation is 2. The molecule has 0 bridgehead atoms. The maximum absolute atomic E-state index is 13.3. The van der Waals surface area contributed by atoms with Crippen LogP contribution in [0.15, 0.2) is 41.2 Å². The van der Waals surface area contributed by atoms with Gasteiger partial charge in [-0.1, -0.05) is 13.8 Å². The maximum Gasteiger partial charge on any atom is 0.322 e. The average molecular weight is 521 g/mol. The number of nitrogens with one attached hydrogen (secondary N) is 2. The average Bonchev–Trinajstić information content (AvgIpc) is 2.88. The highest BCUT2D eigenvalue weighted by Gasteiger charge is 2.35. The summed E-state index contributed by atoms with van der Waals surface area (Å²) < 4.78 is 5.48. The Hall–Kier alpha value is -3.36. The van der Waals surface area contributed by atoms with Crippen molar-refractivity contribution in [1.29, 1.82) is 0 Å². The first-order chi connectivity index (χ1) is 18.2. The number of fused-ring (bicyclic) bond motifs is 1. The SMILES string of the molecule is CCOc1ccc(NC(=O)N(Cc2cc3cc(C)c(CN(CC)CC)c(C)c3[nH]c2=O)C2CC(O)C2)cc1. The van der Waals surface area contributed by atoms with Gasteiger partial charge < -0.3 is 25.0 Å². The molecule has 0 spiro atoms. The Bertz CT molecular complexity index is 1320. The molecule has 0 saturated heterocycles. The normalized spacial score (nSPS) is 16.9. The van der Waals surface area contributed by atoms with E-state index in [-0.39, 0.29) is 24.2 Å². The molecule has 2 amide bonds. The number of hydrogen-bond donors (Lipinski definition) is 3. The fourth-order valence-electron chi connectivity index (χ4n) is 5.17. The molecular weight excluding hydrogens is 480 g/mol. The minimum absolute atomic E-state index is 0.136. The van der Waals surface area contributed by atoms with Crippen LogP contribution in [-0.4, -0.2) is 57.8 Å². The highest BCUT2D eigenvalue weighted by Crippen LogP contribution is 2.29. The molecule has 0 unspecified atom stereocenters. The second-order valence-electron chi connectivity index (χ2n) is 10.1. The summed E-state index contributed by atoms with van der Waals surface area (Å²) in [6.45, 7) is 13.9. The molecule has 1 aliphatic rings. The van der Waals surface area contributed by atoms with E-state index in [1.807, 2.05) is 25.1 Å². The summed E-state index contributed by atoms with van der Waals surface area (Å²) in [4.78, 5) is 33.7. The van der Waals surface area contributed by atoms with E-state index in [1.165, 1.54) is 11.1 Å². The topological polar surface area (TPSA) is 97.9 Å². The number of benzene rings is 2. The number of aliphatic hydroxyl groups excluding tert-OH is 1. The van der Waals surface area contributed by atoms with Crippen LogP contribution in [-0.2, 0) is 13.1 Å². The highest BCUT2D eigenvalue weighted by molar-refractivity contribution is 5.90. The zero-order chi connectivity index (χ0) is 27.4. The van der Waals surface area contributed by atoms with E-state index in [9.17, 15) is 14.7 Å². The van der Waals surface area contributed by atoms with Crippen molar-refractivity contribution < 1.29 is 14.6 Å². The van der Waals surface area contributed by atoms with Crippen LogP contribution in [0, 0.1) is 13.8 Å². The van der Waals surface area contributed by atoms with Gasteiger partial charge in [-0.25, -0.2) is 4.79 Å². The molecule has 204 valence electrons. The largest absolute Gasteiger partial charge is 0.494 e. The standard InChI is InChI=1S/C30H40N4O4/c1-6-33(7-2)18-27-19(4)13-21-14-22(29(36)32-28(21)20(27)5)17-34(24-15-25(35)16-24)30(37)31-23-9-11-26(12-10-23)38-8-3/h9-14,24-25,35H,6-8,15-18H2,1-5H3,(H,31,37)(H,32,36). The van der Waals surface area contributed by atoms with Crippen molar-refractivity contribution in [1.82, 2.24) is 14.8 Å². The number of anilines is 1. The van der Waals surface area contributed by atoms with Crippen LogP contribution in [0.5, 0.6) is 5.75 Å². The van der Waals surface area contributed by atoms with Gasteiger partial charge in [-0.2, -0.15) is 0 Å². The van der Waals surface area contributed by atoms with Gasteiger partial charge in [-0.3, -0.25) is 9.69 Å². The Morgan fingerprint density at radius 3 is 2.37 bits per heavy atom. The quantitative estimate of drug-likeness (QED) is 0.352. The summed E-state index contributed by atoms with van der Waals surface area (Å²) in [7, 11) is 0. The molecule has 3 aromatic rings. The number of aromatic nitrogens is 1. The Morgan fingerprint density at radius 2 is 1.76 bits per heavy atom. The smallest absolute Gasteiger partial charge is 0.322 e.